The summed E-state index contributed by atoms with van der Waals surface area (Å²) in [7, 11) is 0. The van der Waals surface area contributed by atoms with Crippen molar-refractivity contribution in [2.75, 3.05) is 6.54 Å². The number of carbonyl (C=O) groups excluding carboxylic acids is 3. The van der Waals surface area contributed by atoms with Gasteiger partial charge in [0.25, 0.3) is 11.8 Å². The van der Waals surface area contributed by atoms with Crippen LogP contribution in [0.2, 0.25) is 0 Å². The predicted molar refractivity (Wildman–Crippen MR) is 122 cm³/mol. The van der Waals surface area contributed by atoms with E-state index >= 15 is 0 Å². The molecule has 158 valence electrons. The molecule has 5 rings (SSSR count). The Balaban J connectivity index is 1.21. The monoisotopic (exact) mass is 423 g/mol. The third kappa shape index (κ3) is 3.52. The van der Waals surface area contributed by atoms with Gasteiger partial charge in [-0.15, -0.1) is 0 Å². The van der Waals surface area contributed by atoms with E-state index in [0.29, 0.717) is 22.9 Å². The summed E-state index contributed by atoms with van der Waals surface area (Å²) in [6.07, 6.45) is 0.484. The topological polar surface area (TPSA) is 63.7 Å². The molecule has 5 heteroatoms. The van der Waals surface area contributed by atoms with Crippen LogP contribution in [-0.2, 0) is 16.1 Å². The van der Waals surface area contributed by atoms with E-state index < -0.39 is 0 Å². The number of hydrogen-bond donors (Lipinski definition) is 0. The average molecular weight is 423 g/mol. The minimum Gasteiger partial charge on any atom is -0.461 e. The molecule has 1 aliphatic heterocycles. The number of nitrogens with zero attached hydrogens (tertiary/aromatic N) is 1. The molecular formula is C27H21NO4. The molecule has 5 nitrogen and oxygen atoms in total. The van der Waals surface area contributed by atoms with Crippen LogP contribution in [-0.4, -0.2) is 29.2 Å². The molecule has 0 bridgehead atoms. The highest BCUT2D eigenvalue weighted by Crippen LogP contribution is 2.30. The molecule has 0 atom stereocenters. The molecule has 0 N–H and O–H groups in total. The molecule has 1 aliphatic rings. The van der Waals surface area contributed by atoms with E-state index in [4.69, 9.17) is 4.74 Å². The van der Waals surface area contributed by atoms with Gasteiger partial charge in [0, 0.05) is 29.5 Å². The first-order valence-electron chi connectivity index (χ1n) is 10.6. The van der Waals surface area contributed by atoms with Crippen LogP contribution < -0.4 is 0 Å². The number of rotatable bonds is 6. The van der Waals surface area contributed by atoms with Crippen LogP contribution in [0.5, 0.6) is 0 Å². The van der Waals surface area contributed by atoms with Gasteiger partial charge in [-0.3, -0.25) is 19.3 Å². The van der Waals surface area contributed by atoms with Gasteiger partial charge in [0.05, 0.1) is 0 Å². The highest BCUT2D eigenvalue weighted by molar-refractivity contribution is 6.25. The zero-order valence-corrected chi connectivity index (χ0v) is 17.4. The minimum atomic E-state index is -0.350. The maximum Gasteiger partial charge on any atom is 0.306 e. The summed E-state index contributed by atoms with van der Waals surface area (Å²) >= 11 is 0. The highest BCUT2D eigenvalue weighted by Gasteiger charge is 2.32. The van der Waals surface area contributed by atoms with Crippen molar-refractivity contribution in [2.45, 2.75) is 19.4 Å². The second kappa shape index (κ2) is 8.27. The minimum absolute atomic E-state index is 0.133. The molecule has 0 aliphatic carbocycles. The Morgan fingerprint density at radius 2 is 1.38 bits per heavy atom. The van der Waals surface area contributed by atoms with Crippen LogP contribution in [0.4, 0.5) is 0 Å². The smallest absolute Gasteiger partial charge is 0.306 e. The van der Waals surface area contributed by atoms with Crippen LogP contribution in [0.1, 0.15) is 39.1 Å². The number of ether oxygens (including phenoxy) is 1. The molecule has 0 spiro atoms. The number of hydrogen-bond acceptors (Lipinski definition) is 4. The van der Waals surface area contributed by atoms with Crippen molar-refractivity contribution in [1.29, 1.82) is 0 Å². The van der Waals surface area contributed by atoms with Gasteiger partial charge in [0.15, 0.2) is 0 Å². The van der Waals surface area contributed by atoms with Crippen LogP contribution in [0.3, 0.4) is 0 Å². The van der Waals surface area contributed by atoms with E-state index in [2.05, 4.69) is 0 Å². The molecule has 32 heavy (non-hydrogen) atoms. The lowest BCUT2D eigenvalue weighted by molar-refractivity contribution is -0.145. The van der Waals surface area contributed by atoms with Gasteiger partial charge < -0.3 is 4.74 Å². The van der Waals surface area contributed by atoms with Crippen molar-refractivity contribution in [2.24, 2.45) is 0 Å². The van der Waals surface area contributed by atoms with Crippen molar-refractivity contribution in [3.8, 4) is 0 Å². The first-order valence-corrected chi connectivity index (χ1v) is 10.6. The molecule has 0 fully saturated rings. The van der Waals surface area contributed by atoms with E-state index in [1.54, 1.807) is 12.1 Å². The number of fused-ring (bicyclic) bond motifs is 1. The van der Waals surface area contributed by atoms with Gasteiger partial charge in [-0.05, 0) is 40.3 Å². The fourth-order valence-corrected chi connectivity index (χ4v) is 4.31. The van der Waals surface area contributed by atoms with Crippen molar-refractivity contribution in [3.63, 3.8) is 0 Å². The summed E-state index contributed by atoms with van der Waals surface area (Å²) in [4.78, 5) is 39.4. The van der Waals surface area contributed by atoms with Crippen molar-refractivity contribution in [1.82, 2.24) is 4.90 Å². The summed E-state index contributed by atoms with van der Waals surface area (Å²) in [6.45, 7) is 0.364. The largest absolute Gasteiger partial charge is 0.461 e. The van der Waals surface area contributed by atoms with E-state index in [1.807, 2.05) is 66.7 Å². The SMILES string of the molecule is O=C(CCCN1C(=O)c2cccc3cccc(c23)C1=O)OCc1cccc2ccccc12. The summed E-state index contributed by atoms with van der Waals surface area (Å²) in [6, 6.07) is 24.8. The Labute approximate surface area is 185 Å². The number of imide groups is 1. The lowest BCUT2D eigenvalue weighted by Gasteiger charge is -2.27. The number of amides is 2. The predicted octanol–water partition coefficient (Wildman–Crippen LogP) is 5.11. The van der Waals surface area contributed by atoms with Crippen molar-refractivity contribution in [3.05, 3.63) is 95.6 Å². The van der Waals surface area contributed by atoms with Crippen LogP contribution >= 0.6 is 0 Å². The fraction of sp³-hybridized carbons (Fsp3) is 0.148. The maximum absolute atomic E-state index is 12.9. The van der Waals surface area contributed by atoms with Gasteiger partial charge in [-0.25, -0.2) is 0 Å². The molecule has 2 amide bonds. The molecule has 0 aromatic heterocycles. The molecule has 0 saturated heterocycles. The van der Waals surface area contributed by atoms with Gasteiger partial charge in [0.2, 0.25) is 0 Å². The zero-order valence-electron chi connectivity index (χ0n) is 17.4. The van der Waals surface area contributed by atoms with Gasteiger partial charge in [-0.1, -0.05) is 66.7 Å². The van der Waals surface area contributed by atoms with Gasteiger partial charge in [-0.2, -0.15) is 0 Å². The first kappa shape index (κ1) is 19.9. The second-order valence-corrected chi connectivity index (χ2v) is 7.87. The standard InChI is InChI=1S/C27H21NO4/c29-24(32-17-20-11-3-8-18-7-1-2-12-21(18)20)15-6-16-28-26(30)22-13-4-9-19-10-5-14-23(25(19)22)27(28)31/h1-5,7-14H,6,15-17H2. The van der Waals surface area contributed by atoms with Crippen molar-refractivity contribution < 1.29 is 19.1 Å². The zero-order chi connectivity index (χ0) is 22.1. The lowest BCUT2D eigenvalue weighted by Crippen LogP contribution is -2.41. The number of carbonyl (C=O) groups is 3. The van der Waals surface area contributed by atoms with E-state index in [9.17, 15) is 14.4 Å². The third-order valence-corrected chi connectivity index (χ3v) is 5.89. The lowest BCUT2D eigenvalue weighted by atomic mass is 9.94. The van der Waals surface area contributed by atoms with Crippen LogP contribution in [0.25, 0.3) is 21.5 Å². The normalized spacial score (nSPS) is 13.1. The maximum atomic E-state index is 12.9. The molecular weight excluding hydrogens is 402 g/mol. The quantitative estimate of drug-likeness (QED) is 0.319. The molecule has 1 heterocycles. The Bertz CT molecular complexity index is 1320. The fourth-order valence-electron chi connectivity index (χ4n) is 4.31. The van der Waals surface area contributed by atoms with Crippen LogP contribution in [0.15, 0.2) is 78.9 Å². The number of esters is 1. The van der Waals surface area contributed by atoms with E-state index in [0.717, 1.165) is 21.7 Å². The number of benzene rings is 4. The van der Waals surface area contributed by atoms with Gasteiger partial charge in [0.1, 0.15) is 6.61 Å². The third-order valence-electron chi connectivity index (χ3n) is 5.89. The Hall–Kier alpha value is -3.99. The summed E-state index contributed by atoms with van der Waals surface area (Å²) in [5.41, 5.74) is 2.00. The summed E-state index contributed by atoms with van der Waals surface area (Å²) < 4.78 is 5.45. The highest BCUT2D eigenvalue weighted by atomic mass is 16.5. The van der Waals surface area contributed by atoms with Crippen molar-refractivity contribution >= 4 is 39.3 Å². The molecule has 4 aromatic carbocycles. The van der Waals surface area contributed by atoms with E-state index in [1.165, 1.54) is 4.90 Å². The van der Waals surface area contributed by atoms with E-state index in [-0.39, 0.29) is 37.4 Å². The molecule has 0 saturated carbocycles. The van der Waals surface area contributed by atoms with Gasteiger partial charge >= 0.3 is 5.97 Å². The second-order valence-electron chi connectivity index (χ2n) is 7.87. The molecule has 4 aromatic rings. The summed E-state index contributed by atoms with van der Waals surface area (Å²) in [5, 5.41) is 3.73. The Morgan fingerprint density at radius 1 is 0.750 bits per heavy atom. The van der Waals surface area contributed by atoms with Crippen LogP contribution in [0, 0.1) is 0 Å². The molecule has 0 unspecified atom stereocenters. The average Bonchev–Trinajstić information content (AvgIpc) is 2.83. The molecule has 0 radical (unpaired) electrons. The summed E-state index contributed by atoms with van der Waals surface area (Å²) in [5.74, 6) is -0.982. The Morgan fingerprint density at radius 3 is 2.12 bits per heavy atom. The Kier molecular flexibility index (Phi) is 5.15. The first-order chi connectivity index (χ1) is 15.6.